The van der Waals surface area contributed by atoms with Crippen molar-refractivity contribution in [1.82, 2.24) is 4.90 Å². The molecule has 0 spiro atoms. The summed E-state index contributed by atoms with van der Waals surface area (Å²) >= 11 is 0. The average molecular weight is 220 g/mol. The number of hydrogen-bond donors (Lipinski definition) is 1. The number of para-hydroxylation sites is 1. The van der Waals surface area contributed by atoms with Crippen molar-refractivity contribution in [2.24, 2.45) is 0 Å². The number of aryl methyl sites for hydroxylation is 1. The highest BCUT2D eigenvalue weighted by molar-refractivity contribution is 5.55. The topological polar surface area (TPSA) is 15.3 Å². The maximum atomic E-state index is 13.6. The summed E-state index contributed by atoms with van der Waals surface area (Å²) < 4.78 is 13.6. The van der Waals surface area contributed by atoms with E-state index >= 15 is 0 Å². The maximum Gasteiger partial charge on any atom is 0.146 e. The molecule has 2 nitrogen and oxygen atoms in total. The SMILES string of the molecule is Fc1cccc2c1NC(CN1CCC1)CC2. The van der Waals surface area contributed by atoms with Gasteiger partial charge < -0.3 is 10.2 Å². The summed E-state index contributed by atoms with van der Waals surface area (Å²) in [6, 6.07) is 5.78. The molecule has 3 rings (SSSR count). The van der Waals surface area contributed by atoms with Crippen molar-refractivity contribution in [3.8, 4) is 0 Å². The van der Waals surface area contributed by atoms with Crippen LogP contribution in [0.1, 0.15) is 18.4 Å². The molecule has 1 N–H and O–H groups in total. The Morgan fingerprint density at radius 2 is 2.25 bits per heavy atom. The summed E-state index contributed by atoms with van der Waals surface area (Å²) in [5.41, 5.74) is 1.86. The number of nitrogens with one attached hydrogen (secondary N) is 1. The fourth-order valence-corrected chi connectivity index (χ4v) is 2.56. The molecule has 1 atom stereocenters. The predicted octanol–water partition coefficient (Wildman–Crippen LogP) is 2.26. The lowest BCUT2D eigenvalue weighted by Gasteiger charge is -2.36. The van der Waals surface area contributed by atoms with Crippen molar-refractivity contribution in [3.63, 3.8) is 0 Å². The average Bonchev–Trinajstić information content (AvgIpc) is 2.24. The van der Waals surface area contributed by atoms with Gasteiger partial charge in [-0.05, 0) is 44.0 Å². The van der Waals surface area contributed by atoms with Crippen LogP contribution in [-0.4, -0.2) is 30.6 Å². The van der Waals surface area contributed by atoms with Gasteiger partial charge in [0.2, 0.25) is 0 Å². The summed E-state index contributed by atoms with van der Waals surface area (Å²) in [5, 5.41) is 3.35. The molecule has 16 heavy (non-hydrogen) atoms. The molecule has 2 aliphatic heterocycles. The molecular formula is C13H17FN2. The van der Waals surface area contributed by atoms with Gasteiger partial charge in [-0.1, -0.05) is 12.1 Å². The molecule has 86 valence electrons. The molecule has 0 aliphatic carbocycles. The molecule has 0 bridgehead atoms. The molecule has 0 aromatic heterocycles. The van der Waals surface area contributed by atoms with Gasteiger partial charge in [0.15, 0.2) is 0 Å². The molecule has 3 heteroatoms. The minimum absolute atomic E-state index is 0.106. The Labute approximate surface area is 95.4 Å². The van der Waals surface area contributed by atoms with E-state index in [1.165, 1.54) is 25.6 Å². The van der Waals surface area contributed by atoms with E-state index in [1.807, 2.05) is 6.07 Å². The summed E-state index contributed by atoms with van der Waals surface area (Å²) in [5.74, 6) is -0.106. The van der Waals surface area contributed by atoms with Crippen LogP contribution in [0.15, 0.2) is 18.2 Å². The van der Waals surface area contributed by atoms with Crippen LogP contribution >= 0.6 is 0 Å². The molecule has 2 heterocycles. The molecular weight excluding hydrogens is 203 g/mol. The van der Waals surface area contributed by atoms with Gasteiger partial charge in [0, 0.05) is 12.6 Å². The predicted molar refractivity (Wildman–Crippen MR) is 63.2 cm³/mol. The normalized spacial score (nSPS) is 24.4. The first-order valence-electron chi connectivity index (χ1n) is 6.09. The van der Waals surface area contributed by atoms with Crippen molar-refractivity contribution in [1.29, 1.82) is 0 Å². The first kappa shape index (κ1) is 10.1. The number of anilines is 1. The van der Waals surface area contributed by atoms with E-state index in [1.54, 1.807) is 6.07 Å². The fraction of sp³-hybridized carbons (Fsp3) is 0.538. The largest absolute Gasteiger partial charge is 0.378 e. The minimum Gasteiger partial charge on any atom is -0.378 e. The second-order valence-corrected chi connectivity index (χ2v) is 4.81. The number of rotatable bonds is 2. The van der Waals surface area contributed by atoms with Crippen LogP contribution in [0.4, 0.5) is 10.1 Å². The lowest BCUT2D eigenvalue weighted by atomic mass is 9.97. The summed E-state index contributed by atoms with van der Waals surface area (Å²) in [7, 11) is 0. The maximum absolute atomic E-state index is 13.6. The van der Waals surface area contributed by atoms with Crippen LogP contribution in [-0.2, 0) is 6.42 Å². The summed E-state index contributed by atoms with van der Waals surface area (Å²) in [4.78, 5) is 2.43. The number of fused-ring (bicyclic) bond motifs is 1. The molecule has 2 aliphatic rings. The second kappa shape index (κ2) is 4.06. The van der Waals surface area contributed by atoms with Gasteiger partial charge in [-0.25, -0.2) is 4.39 Å². The highest BCUT2D eigenvalue weighted by atomic mass is 19.1. The first-order chi connectivity index (χ1) is 7.83. The van der Waals surface area contributed by atoms with E-state index in [9.17, 15) is 4.39 Å². The number of hydrogen-bond acceptors (Lipinski definition) is 2. The standard InChI is InChI=1S/C13H17FN2/c14-12-4-1-3-10-5-6-11(15-13(10)12)9-16-7-2-8-16/h1,3-4,11,15H,2,5-9H2. The molecule has 0 amide bonds. The monoisotopic (exact) mass is 220 g/mol. The third-order valence-corrected chi connectivity index (χ3v) is 3.64. The van der Waals surface area contributed by atoms with Gasteiger partial charge in [0.1, 0.15) is 5.82 Å². The number of likely N-dealkylation sites (tertiary alicyclic amines) is 1. The van der Waals surface area contributed by atoms with Gasteiger partial charge in [-0.15, -0.1) is 0 Å². The van der Waals surface area contributed by atoms with Crippen molar-refractivity contribution < 1.29 is 4.39 Å². The van der Waals surface area contributed by atoms with Crippen LogP contribution in [0.5, 0.6) is 0 Å². The summed E-state index contributed by atoms with van der Waals surface area (Å²) in [6.45, 7) is 3.48. The lowest BCUT2D eigenvalue weighted by Crippen LogP contribution is -2.45. The molecule has 1 unspecified atom stereocenters. The highest BCUT2D eigenvalue weighted by Gasteiger charge is 2.24. The smallest absolute Gasteiger partial charge is 0.146 e. The zero-order chi connectivity index (χ0) is 11.0. The van der Waals surface area contributed by atoms with Crippen LogP contribution in [0.25, 0.3) is 0 Å². The van der Waals surface area contributed by atoms with E-state index in [2.05, 4.69) is 10.2 Å². The number of benzene rings is 1. The molecule has 1 fully saturated rings. The third-order valence-electron chi connectivity index (χ3n) is 3.64. The molecule has 1 saturated heterocycles. The van der Waals surface area contributed by atoms with Gasteiger partial charge in [-0.3, -0.25) is 0 Å². The quantitative estimate of drug-likeness (QED) is 0.822. The Morgan fingerprint density at radius 1 is 1.38 bits per heavy atom. The summed E-state index contributed by atoms with van der Waals surface area (Å²) in [6.07, 6.45) is 3.43. The van der Waals surface area contributed by atoms with Gasteiger partial charge >= 0.3 is 0 Å². The molecule has 0 saturated carbocycles. The Hall–Kier alpha value is -1.09. The van der Waals surface area contributed by atoms with E-state index in [0.717, 1.165) is 30.6 Å². The van der Waals surface area contributed by atoms with Crippen LogP contribution < -0.4 is 5.32 Å². The highest BCUT2D eigenvalue weighted by Crippen LogP contribution is 2.28. The van der Waals surface area contributed by atoms with Crippen LogP contribution in [0.2, 0.25) is 0 Å². The van der Waals surface area contributed by atoms with Crippen molar-refractivity contribution in [2.75, 3.05) is 25.0 Å². The van der Waals surface area contributed by atoms with Crippen LogP contribution in [0, 0.1) is 5.82 Å². The Balaban J connectivity index is 1.72. The number of nitrogens with zero attached hydrogens (tertiary/aromatic N) is 1. The lowest BCUT2D eigenvalue weighted by molar-refractivity contribution is 0.171. The van der Waals surface area contributed by atoms with Crippen molar-refractivity contribution >= 4 is 5.69 Å². The van der Waals surface area contributed by atoms with E-state index < -0.39 is 0 Å². The first-order valence-corrected chi connectivity index (χ1v) is 6.09. The van der Waals surface area contributed by atoms with Crippen LogP contribution in [0.3, 0.4) is 0 Å². The Bertz CT molecular complexity index is 388. The van der Waals surface area contributed by atoms with Crippen molar-refractivity contribution in [3.05, 3.63) is 29.6 Å². The zero-order valence-corrected chi connectivity index (χ0v) is 9.38. The second-order valence-electron chi connectivity index (χ2n) is 4.81. The zero-order valence-electron chi connectivity index (χ0n) is 9.38. The van der Waals surface area contributed by atoms with Crippen molar-refractivity contribution in [2.45, 2.75) is 25.3 Å². The number of halogens is 1. The van der Waals surface area contributed by atoms with E-state index in [0.29, 0.717) is 6.04 Å². The van der Waals surface area contributed by atoms with E-state index in [4.69, 9.17) is 0 Å². The Morgan fingerprint density at radius 3 is 3.00 bits per heavy atom. The molecule has 1 aromatic carbocycles. The van der Waals surface area contributed by atoms with E-state index in [-0.39, 0.29) is 5.82 Å². The minimum atomic E-state index is -0.106. The Kier molecular flexibility index (Phi) is 2.56. The van der Waals surface area contributed by atoms with Gasteiger partial charge in [-0.2, -0.15) is 0 Å². The fourth-order valence-electron chi connectivity index (χ4n) is 2.56. The van der Waals surface area contributed by atoms with Gasteiger partial charge in [0.25, 0.3) is 0 Å². The third kappa shape index (κ3) is 1.80. The molecule has 0 radical (unpaired) electrons. The van der Waals surface area contributed by atoms with Gasteiger partial charge in [0.05, 0.1) is 5.69 Å². The molecule has 1 aromatic rings.